The van der Waals surface area contributed by atoms with Crippen LogP contribution in [-0.2, 0) is 38.1 Å². The molecular weight excluding hydrogens is 394 g/mol. The van der Waals surface area contributed by atoms with Crippen LogP contribution >= 0.6 is 0 Å². The maximum atomic E-state index is 13.2. The molecule has 4 saturated heterocycles. The summed E-state index contributed by atoms with van der Waals surface area (Å²) in [6, 6.07) is 0. The van der Waals surface area contributed by atoms with Crippen LogP contribution in [0.15, 0.2) is 0 Å². The van der Waals surface area contributed by atoms with E-state index in [0.29, 0.717) is 26.3 Å². The Hall–Kier alpha value is -1.71. The van der Waals surface area contributed by atoms with Gasteiger partial charge in [-0.25, -0.2) is 0 Å². The molecule has 1 saturated carbocycles. The molecule has 4 heterocycles. The van der Waals surface area contributed by atoms with Gasteiger partial charge >= 0.3 is 17.9 Å². The quantitative estimate of drug-likeness (QED) is 0.445. The lowest BCUT2D eigenvalue weighted by Gasteiger charge is -2.33. The van der Waals surface area contributed by atoms with Gasteiger partial charge in [0.05, 0.1) is 19.8 Å². The first kappa shape index (κ1) is 20.2. The molecule has 0 N–H and O–H groups in total. The van der Waals surface area contributed by atoms with E-state index in [1.54, 1.807) is 0 Å². The number of nitrogens with zero attached hydrogens (tertiary/aromatic N) is 1. The Labute approximate surface area is 175 Å². The maximum absolute atomic E-state index is 13.2. The molecule has 2 bridgehead atoms. The Bertz CT molecular complexity index is 714. The molecule has 166 valence electrons. The van der Waals surface area contributed by atoms with E-state index in [9.17, 15) is 14.4 Å². The number of carbonyl (C=O) groups is 3. The minimum absolute atomic E-state index is 0.134. The lowest BCUT2D eigenvalue weighted by Crippen LogP contribution is -2.50. The van der Waals surface area contributed by atoms with Gasteiger partial charge in [0.2, 0.25) is 0 Å². The van der Waals surface area contributed by atoms with Crippen LogP contribution in [0.2, 0.25) is 0 Å². The van der Waals surface area contributed by atoms with E-state index < -0.39 is 59.8 Å². The smallest absolute Gasteiger partial charge is 0.320 e. The van der Waals surface area contributed by atoms with E-state index in [1.807, 2.05) is 11.8 Å². The molecule has 0 spiro atoms. The van der Waals surface area contributed by atoms with E-state index in [-0.39, 0.29) is 6.54 Å². The first-order chi connectivity index (χ1) is 14.5. The van der Waals surface area contributed by atoms with Crippen molar-refractivity contribution in [2.24, 2.45) is 11.8 Å². The van der Waals surface area contributed by atoms with Crippen LogP contribution in [0.4, 0.5) is 0 Å². The Morgan fingerprint density at radius 3 is 2.57 bits per heavy atom. The molecule has 6 atom stereocenters. The first-order valence-electron chi connectivity index (χ1n) is 11.1. The summed E-state index contributed by atoms with van der Waals surface area (Å²) in [5.74, 6) is -2.75. The van der Waals surface area contributed by atoms with Gasteiger partial charge in [-0.05, 0) is 32.1 Å². The second-order valence-electron chi connectivity index (χ2n) is 9.03. The van der Waals surface area contributed by atoms with Crippen LogP contribution < -0.4 is 0 Å². The van der Waals surface area contributed by atoms with Crippen molar-refractivity contribution >= 4 is 17.9 Å². The molecular formula is C21H29NO8. The van der Waals surface area contributed by atoms with Crippen molar-refractivity contribution in [1.82, 2.24) is 4.90 Å². The third-order valence-electron chi connectivity index (χ3n) is 7.38. The SMILES string of the molecule is CCC1(OC(=O)C2C3OC4C(OC(=O)C42)C3OC(=O)CN2CCOCC2)CCCC1. The van der Waals surface area contributed by atoms with Crippen molar-refractivity contribution < 1.29 is 38.1 Å². The average Bonchev–Trinajstić information content (AvgIpc) is 3.47. The molecule has 6 unspecified atom stereocenters. The summed E-state index contributed by atoms with van der Waals surface area (Å²) >= 11 is 0. The summed E-state index contributed by atoms with van der Waals surface area (Å²) in [5.41, 5.74) is -0.455. The highest BCUT2D eigenvalue weighted by atomic mass is 16.7. The highest BCUT2D eigenvalue weighted by Gasteiger charge is 2.72. The van der Waals surface area contributed by atoms with E-state index in [0.717, 1.165) is 32.1 Å². The highest BCUT2D eigenvalue weighted by Crippen LogP contribution is 2.52. The van der Waals surface area contributed by atoms with Gasteiger partial charge in [-0.1, -0.05) is 6.92 Å². The molecule has 5 fully saturated rings. The van der Waals surface area contributed by atoms with Crippen LogP contribution in [0.5, 0.6) is 0 Å². The van der Waals surface area contributed by atoms with Crippen molar-refractivity contribution in [3.63, 3.8) is 0 Å². The molecule has 9 heteroatoms. The van der Waals surface area contributed by atoms with Crippen LogP contribution in [-0.4, -0.2) is 85.7 Å². The van der Waals surface area contributed by atoms with Crippen molar-refractivity contribution in [2.75, 3.05) is 32.8 Å². The molecule has 0 aromatic heterocycles. The summed E-state index contributed by atoms with van der Waals surface area (Å²) in [6.45, 7) is 4.65. The molecule has 1 aliphatic carbocycles. The molecule has 30 heavy (non-hydrogen) atoms. The molecule has 5 aliphatic rings. The van der Waals surface area contributed by atoms with E-state index in [4.69, 9.17) is 23.7 Å². The predicted octanol–water partition coefficient (Wildman–Crippen LogP) is 0.435. The molecule has 0 aromatic carbocycles. The fraction of sp³-hybridized carbons (Fsp3) is 0.857. The van der Waals surface area contributed by atoms with Crippen molar-refractivity contribution in [3.05, 3.63) is 0 Å². The molecule has 0 radical (unpaired) electrons. The molecule has 9 nitrogen and oxygen atoms in total. The third-order valence-corrected chi connectivity index (χ3v) is 7.38. The highest BCUT2D eigenvalue weighted by molar-refractivity contribution is 5.87. The topological polar surface area (TPSA) is 101 Å². The maximum Gasteiger partial charge on any atom is 0.320 e. The van der Waals surface area contributed by atoms with Crippen LogP contribution in [0.1, 0.15) is 39.0 Å². The van der Waals surface area contributed by atoms with E-state index in [2.05, 4.69) is 0 Å². The lowest BCUT2D eigenvalue weighted by molar-refractivity contribution is -0.174. The molecule has 0 amide bonds. The minimum atomic E-state index is -0.786. The van der Waals surface area contributed by atoms with Gasteiger partial charge in [0.1, 0.15) is 29.6 Å². The van der Waals surface area contributed by atoms with E-state index >= 15 is 0 Å². The zero-order valence-corrected chi connectivity index (χ0v) is 17.2. The predicted molar refractivity (Wildman–Crippen MR) is 100 cm³/mol. The Morgan fingerprint density at radius 1 is 1.13 bits per heavy atom. The van der Waals surface area contributed by atoms with Gasteiger partial charge in [-0.3, -0.25) is 19.3 Å². The number of hydrogen-bond donors (Lipinski definition) is 0. The van der Waals surface area contributed by atoms with Crippen LogP contribution in [0, 0.1) is 11.8 Å². The average molecular weight is 423 g/mol. The summed E-state index contributed by atoms with van der Waals surface area (Å²) in [6.07, 6.45) is 1.82. The van der Waals surface area contributed by atoms with Crippen LogP contribution in [0.25, 0.3) is 0 Å². The van der Waals surface area contributed by atoms with Gasteiger partial charge in [0.15, 0.2) is 12.2 Å². The summed E-state index contributed by atoms with van der Waals surface area (Å²) in [5, 5.41) is 0. The fourth-order valence-electron chi connectivity index (χ4n) is 5.70. The van der Waals surface area contributed by atoms with Crippen molar-refractivity contribution in [2.45, 2.75) is 69.0 Å². The first-order valence-corrected chi connectivity index (χ1v) is 11.1. The van der Waals surface area contributed by atoms with Gasteiger partial charge in [0, 0.05) is 13.1 Å². The Kier molecular flexibility index (Phi) is 5.23. The van der Waals surface area contributed by atoms with Gasteiger partial charge in [-0.2, -0.15) is 0 Å². The minimum Gasteiger partial charge on any atom is -0.459 e. The van der Waals surface area contributed by atoms with Gasteiger partial charge in [0.25, 0.3) is 0 Å². The second-order valence-corrected chi connectivity index (χ2v) is 9.03. The fourth-order valence-corrected chi connectivity index (χ4v) is 5.70. The Balaban J connectivity index is 1.28. The number of hydrogen-bond acceptors (Lipinski definition) is 9. The number of ether oxygens (including phenoxy) is 5. The zero-order chi connectivity index (χ0) is 20.9. The molecule has 4 aliphatic heterocycles. The summed E-state index contributed by atoms with van der Waals surface area (Å²) in [4.78, 5) is 40.1. The molecule has 0 aromatic rings. The normalized spacial score (nSPS) is 39.2. The summed E-state index contributed by atoms with van der Waals surface area (Å²) in [7, 11) is 0. The third kappa shape index (κ3) is 3.31. The lowest BCUT2D eigenvalue weighted by atomic mass is 9.78. The Morgan fingerprint density at radius 2 is 1.87 bits per heavy atom. The number of fused-ring (bicyclic) bond motifs is 1. The van der Waals surface area contributed by atoms with Crippen LogP contribution in [0.3, 0.4) is 0 Å². The van der Waals surface area contributed by atoms with Crippen molar-refractivity contribution in [1.29, 1.82) is 0 Å². The van der Waals surface area contributed by atoms with Gasteiger partial charge < -0.3 is 23.7 Å². The zero-order valence-electron chi connectivity index (χ0n) is 17.2. The standard InChI is InChI=1S/C21H29NO8/c1-2-21(5-3-4-6-21)30-20(25)14-13-15-18(29-19(13)24)17(16(14)28-15)27-12(23)11-22-7-9-26-10-8-22/h13-18H,2-11H2,1H3. The van der Waals surface area contributed by atoms with E-state index in [1.165, 1.54) is 0 Å². The second kappa shape index (κ2) is 7.76. The number of esters is 3. The summed E-state index contributed by atoms with van der Waals surface area (Å²) < 4.78 is 28.4. The monoisotopic (exact) mass is 423 g/mol. The number of morpholine rings is 1. The number of carbonyl (C=O) groups excluding carboxylic acids is 3. The largest absolute Gasteiger partial charge is 0.459 e. The number of rotatable bonds is 6. The van der Waals surface area contributed by atoms with Crippen molar-refractivity contribution in [3.8, 4) is 0 Å². The van der Waals surface area contributed by atoms with Gasteiger partial charge in [-0.15, -0.1) is 0 Å². The molecule has 5 rings (SSSR count).